The maximum absolute atomic E-state index is 12.8. The Morgan fingerprint density at radius 3 is 2.08 bits per heavy atom. The molecule has 0 unspecified atom stereocenters. The topological polar surface area (TPSA) is 57.6 Å². The minimum Gasteiger partial charge on any atom is -0.502 e. The molecule has 2 aromatic carbocycles. The number of imide groups is 1. The van der Waals surface area contributed by atoms with Gasteiger partial charge in [0.2, 0.25) is 0 Å². The minimum atomic E-state index is -0.685. The molecule has 3 rings (SSSR count). The van der Waals surface area contributed by atoms with Crippen molar-refractivity contribution < 1.29 is 14.7 Å². The van der Waals surface area contributed by atoms with Crippen molar-refractivity contribution in [2.75, 3.05) is 4.90 Å². The number of rotatable bonds is 3. The van der Waals surface area contributed by atoms with Gasteiger partial charge in [-0.3, -0.25) is 9.59 Å². The molecule has 0 radical (unpaired) electrons. The zero-order valence-electron chi connectivity index (χ0n) is 14.8. The lowest BCUT2D eigenvalue weighted by molar-refractivity contribution is -0.121. The summed E-state index contributed by atoms with van der Waals surface area (Å²) in [7, 11) is 0. The number of nitrogens with zero attached hydrogens (tertiary/aromatic N) is 1. The van der Waals surface area contributed by atoms with Crippen LogP contribution in [0.25, 0.3) is 5.57 Å². The van der Waals surface area contributed by atoms with E-state index in [1.807, 2.05) is 38.1 Å². The van der Waals surface area contributed by atoms with Gasteiger partial charge in [0, 0.05) is 0 Å². The Bertz CT molecular complexity index is 892. The fourth-order valence-electron chi connectivity index (χ4n) is 2.92. The average molecular weight is 335 g/mol. The van der Waals surface area contributed by atoms with Gasteiger partial charge >= 0.3 is 5.91 Å². The summed E-state index contributed by atoms with van der Waals surface area (Å²) in [6.07, 6.45) is 0. The van der Waals surface area contributed by atoms with Crippen LogP contribution in [0.5, 0.6) is 0 Å². The maximum atomic E-state index is 12.8. The van der Waals surface area contributed by atoms with E-state index in [0.29, 0.717) is 17.2 Å². The van der Waals surface area contributed by atoms with E-state index in [1.54, 1.807) is 18.2 Å². The van der Waals surface area contributed by atoms with E-state index < -0.39 is 17.6 Å². The number of aliphatic hydroxyl groups is 1. The first kappa shape index (κ1) is 17.0. The van der Waals surface area contributed by atoms with Crippen LogP contribution in [0.2, 0.25) is 0 Å². The highest BCUT2D eigenvalue weighted by molar-refractivity contribution is 6.44. The highest BCUT2D eigenvalue weighted by Gasteiger charge is 2.40. The molecule has 4 nitrogen and oxygen atoms in total. The summed E-state index contributed by atoms with van der Waals surface area (Å²) >= 11 is 0. The van der Waals surface area contributed by atoms with Gasteiger partial charge in [0.25, 0.3) is 5.91 Å². The van der Waals surface area contributed by atoms with E-state index in [9.17, 15) is 14.7 Å². The molecule has 0 bridgehead atoms. The molecular formula is C21H21NO3. The second-order valence-electron chi connectivity index (χ2n) is 6.71. The molecular weight excluding hydrogens is 314 g/mol. The third-order valence-corrected chi connectivity index (χ3v) is 4.67. The Morgan fingerprint density at radius 1 is 0.880 bits per heavy atom. The van der Waals surface area contributed by atoms with E-state index in [1.165, 1.54) is 0 Å². The minimum absolute atomic E-state index is 0.0565. The van der Waals surface area contributed by atoms with Gasteiger partial charge in [0.05, 0.1) is 11.3 Å². The highest BCUT2D eigenvalue weighted by atomic mass is 16.3. The summed E-state index contributed by atoms with van der Waals surface area (Å²) in [6.45, 7) is 8.05. The molecule has 2 aromatic rings. The van der Waals surface area contributed by atoms with E-state index in [4.69, 9.17) is 0 Å². The number of aliphatic hydroxyl groups excluding tert-OH is 1. The molecule has 0 aromatic heterocycles. The molecule has 0 saturated carbocycles. The SMILES string of the molecule is Cc1ccc(C2=C(O)C(=O)N(c3ccc(C(C)C)cc3)C2=O)cc1C. The number of hydrogen-bond donors (Lipinski definition) is 1. The summed E-state index contributed by atoms with van der Waals surface area (Å²) in [5.74, 6) is -1.32. The largest absolute Gasteiger partial charge is 0.502 e. The van der Waals surface area contributed by atoms with Gasteiger partial charge in [0.1, 0.15) is 0 Å². The second kappa shape index (κ2) is 6.20. The van der Waals surface area contributed by atoms with Crippen molar-refractivity contribution in [3.63, 3.8) is 0 Å². The van der Waals surface area contributed by atoms with E-state index in [-0.39, 0.29) is 5.57 Å². The van der Waals surface area contributed by atoms with Crippen molar-refractivity contribution in [3.05, 3.63) is 70.5 Å². The molecule has 1 heterocycles. The lowest BCUT2D eigenvalue weighted by atomic mass is 10.00. The Hall–Kier alpha value is -2.88. The molecule has 1 N–H and O–H groups in total. The van der Waals surface area contributed by atoms with Crippen molar-refractivity contribution in [2.24, 2.45) is 0 Å². The smallest absolute Gasteiger partial charge is 0.301 e. The molecule has 128 valence electrons. The summed E-state index contributed by atoms with van der Waals surface area (Å²) in [6, 6.07) is 12.7. The van der Waals surface area contributed by atoms with Gasteiger partial charge in [-0.1, -0.05) is 44.2 Å². The van der Waals surface area contributed by atoms with Crippen molar-refractivity contribution in [1.29, 1.82) is 0 Å². The Kier molecular flexibility index (Phi) is 4.21. The fourth-order valence-corrected chi connectivity index (χ4v) is 2.92. The fraction of sp³-hybridized carbons (Fsp3) is 0.238. The molecule has 4 heteroatoms. The Balaban J connectivity index is 2.00. The first-order valence-corrected chi connectivity index (χ1v) is 8.31. The summed E-state index contributed by atoms with van der Waals surface area (Å²) in [5, 5.41) is 10.3. The standard InChI is InChI=1S/C21H21NO3/c1-12(2)15-7-9-17(10-8-15)22-20(24)18(19(23)21(22)25)16-6-5-13(3)14(4)11-16/h5-12,23H,1-4H3. The van der Waals surface area contributed by atoms with Crippen molar-refractivity contribution in [3.8, 4) is 0 Å². The number of anilines is 1. The van der Waals surface area contributed by atoms with Crippen LogP contribution in [0.4, 0.5) is 5.69 Å². The van der Waals surface area contributed by atoms with Crippen LogP contribution in [-0.4, -0.2) is 16.9 Å². The molecule has 2 amide bonds. The van der Waals surface area contributed by atoms with Crippen LogP contribution in [0.15, 0.2) is 48.2 Å². The second-order valence-corrected chi connectivity index (χ2v) is 6.71. The predicted octanol–water partition coefficient (Wildman–Crippen LogP) is 4.27. The first-order chi connectivity index (χ1) is 11.8. The molecule has 0 atom stereocenters. The molecule has 0 spiro atoms. The van der Waals surface area contributed by atoms with Crippen molar-refractivity contribution in [1.82, 2.24) is 0 Å². The highest BCUT2D eigenvalue weighted by Crippen LogP contribution is 2.33. The monoisotopic (exact) mass is 335 g/mol. The van der Waals surface area contributed by atoms with Crippen LogP contribution in [0.3, 0.4) is 0 Å². The number of carbonyl (C=O) groups is 2. The average Bonchev–Trinajstić information content (AvgIpc) is 2.80. The van der Waals surface area contributed by atoms with Gasteiger partial charge in [-0.25, -0.2) is 4.90 Å². The first-order valence-electron chi connectivity index (χ1n) is 8.31. The van der Waals surface area contributed by atoms with Gasteiger partial charge in [-0.15, -0.1) is 0 Å². The molecule has 1 aliphatic rings. The van der Waals surface area contributed by atoms with Crippen LogP contribution < -0.4 is 4.90 Å². The summed E-state index contributed by atoms with van der Waals surface area (Å²) in [5.41, 5.74) is 4.28. The van der Waals surface area contributed by atoms with Crippen molar-refractivity contribution >= 4 is 23.1 Å². The van der Waals surface area contributed by atoms with Gasteiger partial charge in [-0.2, -0.15) is 0 Å². The predicted molar refractivity (Wildman–Crippen MR) is 98.5 cm³/mol. The third-order valence-electron chi connectivity index (χ3n) is 4.67. The van der Waals surface area contributed by atoms with E-state index in [0.717, 1.165) is 21.6 Å². The number of hydrogen-bond acceptors (Lipinski definition) is 3. The number of carbonyl (C=O) groups excluding carboxylic acids is 2. The third kappa shape index (κ3) is 2.84. The summed E-state index contributed by atoms with van der Waals surface area (Å²) < 4.78 is 0. The van der Waals surface area contributed by atoms with Gasteiger partial charge in [-0.05, 0) is 54.2 Å². The quantitative estimate of drug-likeness (QED) is 0.852. The molecule has 0 saturated heterocycles. The number of aryl methyl sites for hydroxylation is 2. The van der Waals surface area contributed by atoms with Gasteiger partial charge in [0.15, 0.2) is 5.76 Å². The Labute approximate surface area is 147 Å². The zero-order chi connectivity index (χ0) is 18.3. The summed E-state index contributed by atoms with van der Waals surface area (Å²) in [4.78, 5) is 26.3. The molecule has 25 heavy (non-hydrogen) atoms. The molecule has 0 fully saturated rings. The Morgan fingerprint density at radius 2 is 1.52 bits per heavy atom. The van der Waals surface area contributed by atoms with Crippen LogP contribution >= 0.6 is 0 Å². The zero-order valence-corrected chi connectivity index (χ0v) is 14.8. The normalized spacial score (nSPS) is 14.8. The van der Waals surface area contributed by atoms with E-state index in [2.05, 4.69) is 13.8 Å². The van der Waals surface area contributed by atoms with E-state index >= 15 is 0 Å². The van der Waals surface area contributed by atoms with Gasteiger partial charge < -0.3 is 5.11 Å². The molecule has 0 aliphatic carbocycles. The van der Waals surface area contributed by atoms with Crippen molar-refractivity contribution in [2.45, 2.75) is 33.6 Å². The lowest BCUT2D eigenvalue weighted by Gasteiger charge is -2.16. The maximum Gasteiger partial charge on any atom is 0.301 e. The number of amides is 2. The lowest BCUT2D eigenvalue weighted by Crippen LogP contribution is -2.31. The van der Waals surface area contributed by atoms with Crippen LogP contribution in [0.1, 0.15) is 42.0 Å². The number of benzene rings is 2. The molecule has 1 aliphatic heterocycles. The van der Waals surface area contributed by atoms with Crippen LogP contribution in [0, 0.1) is 13.8 Å². The van der Waals surface area contributed by atoms with Crippen LogP contribution in [-0.2, 0) is 9.59 Å².